The van der Waals surface area contributed by atoms with Crippen LogP contribution >= 0.6 is 0 Å². The molecule has 0 N–H and O–H groups in total. The molecule has 5 heterocycles. The van der Waals surface area contributed by atoms with E-state index in [0.29, 0.717) is 23.2 Å². The molecule has 0 bridgehead atoms. The summed E-state index contributed by atoms with van der Waals surface area (Å²) >= 11 is 0. The van der Waals surface area contributed by atoms with Gasteiger partial charge in [0.25, 0.3) is 0 Å². The monoisotopic (exact) mass is 655 g/mol. The third kappa shape index (κ3) is 4.18. The molecule has 0 saturated heterocycles. The molecular formula is C44H25N5O2. The lowest BCUT2D eigenvalue weighted by molar-refractivity contribution is 0.667. The largest absolute Gasteiger partial charge is 0.456 e. The van der Waals surface area contributed by atoms with E-state index in [1.165, 1.54) is 0 Å². The Labute approximate surface area is 290 Å². The number of rotatable bonds is 4. The van der Waals surface area contributed by atoms with E-state index < -0.39 is 0 Å². The van der Waals surface area contributed by atoms with Crippen LogP contribution in [0.15, 0.2) is 161 Å². The molecule has 11 rings (SSSR count). The lowest BCUT2D eigenvalue weighted by Gasteiger charge is -2.11. The second-order valence-corrected chi connectivity index (χ2v) is 12.7. The Bertz CT molecular complexity index is 3160. The number of para-hydroxylation sites is 2. The maximum atomic E-state index is 6.20. The molecule has 0 amide bonds. The third-order valence-electron chi connectivity index (χ3n) is 9.78. The van der Waals surface area contributed by atoms with Crippen LogP contribution in [0.2, 0.25) is 0 Å². The standard InChI is InChI=1S/C44H25N5O2/c1-2-10-26(11-3-1)42-46-43(32-15-9-19-38-41(32)31-22-23-45-25-39(31)51-38)48-44(47-42)49-34-16-6-4-13-30(34)40-28(14-8-17-35(40)49)27-20-21-37-33(24-27)29-12-5-7-18-36(29)50-37/h1-25H. The third-order valence-corrected chi connectivity index (χ3v) is 9.78. The van der Waals surface area contributed by atoms with Crippen LogP contribution in [0.25, 0.3) is 106 Å². The van der Waals surface area contributed by atoms with Gasteiger partial charge in [-0.25, -0.2) is 4.98 Å². The van der Waals surface area contributed by atoms with Gasteiger partial charge in [-0.15, -0.1) is 0 Å². The molecular weight excluding hydrogens is 631 g/mol. The summed E-state index contributed by atoms with van der Waals surface area (Å²) in [6.07, 6.45) is 3.53. The molecule has 0 radical (unpaired) electrons. The zero-order valence-corrected chi connectivity index (χ0v) is 27.0. The molecule has 11 aromatic rings. The number of fused-ring (bicyclic) bond motifs is 9. The van der Waals surface area contributed by atoms with E-state index in [2.05, 4.69) is 82.3 Å². The van der Waals surface area contributed by atoms with Crippen molar-refractivity contribution in [3.05, 3.63) is 152 Å². The van der Waals surface area contributed by atoms with Gasteiger partial charge in [-0.3, -0.25) is 9.55 Å². The number of aromatic nitrogens is 5. The summed E-state index contributed by atoms with van der Waals surface area (Å²) in [7, 11) is 0. The van der Waals surface area contributed by atoms with Gasteiger partial charge < -0.3 is 8.83 Å². The van der Waals surface area contributed by atoms with Crippen molar-refractivity contribution in [1.29, 1.82) is 0 Å². The first-order valence-corrected chi connectivity index (χ1v) is 16.8. The minimum Gasteiger partial charge on any atom is -0.456 e. The average Bonchev–Trinajstić information content (AvgIpc) is 3.87. The Morgan fingerprint density at radius 1 is 0.431 bits per heavy atom. The maximum absolute atomic E-state index is 6.20. The normalized spacial score (nSPS) is 11.9. The molecule has 0 saturated carbocycles. The lowest BCUT2D eigenvalue weighted by atomic mass is 9.98. The second kappa shape index (κ2) is 10.7. The van der Waals surface area contributed by atoms with Crippen molar-refractivity contribution < 1.29 is 8.83 Å². The highest BCUT2D eigenvalue weighted by Gasteiger charge is 2.22. The minimum absolute atomic E-state index is 0.532. The van der Waals surface area contributed by atoms with Gasteiger partial charge in [-0.2, -0.15) is 9.97 Å². The van der Waals surface area contributed by atoms with Crippen molar-refractivity contribution in [3.63, 3.8) is 0 Å². The second-order valence-electron chi connectivity index (χ2n) is 12.7. The van der Waals surface area contributed by atoms with E-state index in [1.807, 2.05) is 66.7 Å². The first-order valence-electron chi connectivity index (χ1n) is 16.8. The molecule has 238 valence electrons. The molecule has 7 nitrogen and oxygen atoms in total. The summed E-state index contributed by atoms with van der Waals surface area (Å²) in [4.78, 5) is 19.8. The molecule has 0 aliphatic carbocycles. The fraction of sp³-hybridized carbons (Fsp3) is 0. The van der Waals surface area contributed by atoms with Gasteiger partial charge in [0.15, 0.2) is 17.2 Å². The maximum Gasteiger partial charge on any atom is 0.238 e. The summed E-state index contributed by atoms with van der Waals surface area (Å²) in [5.74, 6) is 1.68. The van der Waals surface area contributed by atoms with Crippen LogP contribution in [-0.4, -0.2) is 24.5 Å². The Kier molecular flexibility index (Phi) is 5.83. The summed E-state index contributed by atoms with van der Waals surface area (Å²) in [6, 6.07) is 47.6. The zero-order chi connectivity index (χ0) is 33.5. The van der Waals surface area contributed by atoms with E-state index in [0.717, 1.165) is 82.4 Å². The van der Waals surface area contributed by atoms with Gasteiger partial charge in [-0.05, 0) is 53.6 Å². The van der Waals surface area contributed by atoms with Crippen molar-refractivity contribution in [2.24, 2.45) is 0 Å². The van der Waals surface area contributed by atoms with Crippen molar-refractivity contribution >= 4 is 65.7 Å². The number of furan rings is 2. The fourth-order valence-electron chi connectivity index (χ4n) is 7.54. The SMILES string of the molecule is c1ccc(-c2nc(-c3cccc4oc5cnccc5c34)nc(-n3c4ccccc4c4c(-c5ccc6oc7ccccc7c6c5)cccc43)n2)cc1. The van der Waals surface area contributed by atoms with E-state index in [-0.39, 0.29) is 0 Å². The fourth-order valence-corrected chi connectivity index (χ4v) is 7.54. The predicted molar refractivity (Wildman–Crippen MR) is 203 cm³/mol. The molecule has 0 atom stereocenters. The van der Waals surface area contributed by atoms with E-state index in [1.54, 1.807) is 12.4 Å². The molecule has 5 aromatic heterocycles. The van der Waals surface area contributed by atoms with Crippen LogP contribution in [0.4, 0.5) is 0 Å². The Morgan fingerprint density at radius 2 is 1.16 bits per heavy atom. The Morgan fingerprint density at radius 3 is 2.10 bits per heavy atom. The highest BCUT2D eigenvalue weighted by atomic mass is 16.3. The molecule has 7 heteroatoms. The van der Waals surface area contributed by atoms with E-state index in [9.17, 15) is 0 Å². The Balaban J connectivity index is 1.20. The van der Waals surface area contributed by atoms with Gasteiger partial charge in [-0.1, -0.05) is 97.1 Å². The number of hydrogen-bond donors (Lipinski definition) is 0. The highest BCUT2D eigenvalue weighted by molar-refractivity contribution is 6.17. The van der Waals surface area contributed by atoms with E-state index >= 15 is 0 Å². The average molecular weight is 656 g/mol. The van der Waals surface area contributed by atoms with E-state index in [4.69, 9.17) is 23.8 Å². The van der Waals surface area contributed by atoms with Crippen LogP contribution in [-0.2, 0) is 0 Å². The number of hydrogen-bond acceptors (Lipinski definition) is 6. The topological polar surface area (TPSA) is 82.8 Å². The van der Waals surface area contributed by atoms with Crippen LogP contribution in [0.5, 0.6) is 0 Å². The first kappa shape index (κ1) is 27.8. The molecule has 0 aliphatic rings. The molecule has 0 fully saturated rings. The zero-order valence-electron chi connectivity index (χ0n) is 27.0. The van der Waals surface area contributed by atoms with Crippen molar-refractivity contribution in [2.75, 3.05) is 0 Å². The predicted octanol–water partition coefficient (Wildman–Crippen LogP) is 11.2. The molecule has 6 aromatic carbocycles. The minimum atomic E-state index is 0.532. The summed E-state index contributed by atoms with van der Waals surface area (Å²) < 4.78 is 14.5. The molecule has 0 aliphatic heterocycles. The molecule has 0 spiro atoms. The lowest BCUT2D eigenvalue weighted by Crippen LogP contribution is -2.06. The van der Waals surface area contributed by atoms with Crippen LogP contribution < -0.4 is 0 Å². The first-order chi connectivity index (χ1) is 25.3. The molecule has 51 heavy (non-hydrogen) atoms. The van der Waals surface area contributed by atoms with Gasteiger partial charge in [0.2, 0.25) is 5.95 Å². The van der Waals surface area contributed by atoms with Gasteiger partial charge >= 0.3 is 0 Å². The Hall–Kier alpha value is -7.12. The number of pyridine rings is 1. The smallest absolute Gasteiger partial charge is 0.238 e. The van der Waals surface area contributed by atoms with Crippen molar-refractivity contribution in [3.8, 4) is 39.9 Å². The summed E-state index contributed by atoms with van der Waals surface area (Å²) in [5.41, 5.74) is 9.22. The highest BCUT2D eigenvalue weighted by Crippen LogP contribution is 2.41. The van der Waals surface area contributed by atoms with Crippen LogP contribution in [0, 0.1) is 0 Å². The van der Waals surface area contributed by atoms with Gasteiger partial charge in [0, 0.05) is 49.6 Å². The van der Waals surface area contributed by atoms with Crippen LogP contribution in [0.3, 0.4) is 0 Å². The van der Waals surface area contributed by atoms with Crippen LogP contribution in [0.1, 0.15) is 0 Å². The van der Waals surface area contributed by atoms with Gasteiger partial charge in [0.1, 0.15) is 16.7 Å². The quantitative estimate of drug-likeness (QED) is 0.188. The summed E-state index contributed by atoms with van der Waals surface area (Å²) in [5, 5.41) is 6.33. The number of nitrogens with zero attached hydrogens (tertiary/aromatic N) is 5. The van der Waals surface area contributed by atoms with Crippen molar-refractivity contribution in [2.45, 2.75) is 0 Å². The molecule has 0 unspecified atom stereocenters. The number of benzene rings is 6. The summed E-state index contributed by atoms with van der Waals surface area (Å²) in [6.45, 7) is 0. The van der Waals surface area contributed by atoms with Crippen molar-refractivity contribution in [1.82, 2.24) is 24.5 Å². The van der Waals surface area contributed by atoms with Gasteiger partial charge in [0.05, 0.1) is 17.2 Å².